The Kier molecular flexibility index (Phi) is 3.51. The van der Waals surface area contributed by atoms with Crippen LogP contribution in [-0.4, -0.2) is 10.8 Å². The molecule has 4 heteroatoms. The second-order valence-electron chi connectivity index (χ2n) is 3.52. The summed E-state index contributed by atoms with van der Waals surface area (Å²) in [7, 11) is 0. The van der Waals surface area contributed by atoms with Crippen molar-refractivity contribution in [2.75, 3.05) is 0 Å². The van der Waals surface area contributed by atoms with Crippen molar-refractivity contribution in [3.05, 3.63) is 39.1 Å². The molecule has 1 heterocycles. The molecule has 1 aromatic heterocycles. The third-order valence-electron chi connectivity index (χ3n) is 2.07. The third-order valence-corrected chi connectivity index (χ3v) is 3.41. The van der Waals surface area contributed by atoms with Crippen LogP contribution in [0.3, 0.4) is 0 Å². The van der Waals surface area contributed by atoms with E-state index < -0.39 is 0 Å². The number of carbonyl (C=O) groups excluding carboxylic acids is 1. The number of carbonyl (C=O) groups is 1. The highest BCUT2D eigenvalue weighted by Crippen LogP contribution is 2.24. The first-order valence-corrected chi connectivity index (χ1v) is 6.52. The van der Waals surface area contributed by atoms with Crippen molar-refractivity contribution in [3.8, 4) is 11.3 Å². The van der Waals surface area contributed by atoms with Crippen LogP contribution < -0.4 is 0 Å². The van der Waals surface area contributed by atoms with Crippen molar-refractivity contribution in [1.82, 2.24) is 4.98 Å². The van der Waals surface area contributed by atoms with Gasteiger partial charge in [0.1, 0.15) is 10.8 Å². The van der Waals surface area contributed by atoms with Gasteiger partial charge in [0.05, 0.1) is 12.1 Å². The molecule has 0 atom stereocenters. The van der Waals surface area contributed by atoms with E-state index in [2.05, 4.69) is 20.9 Å². The Balaban J connectivity index is 2.28. The van der Waals surface area contributed by atoms with E-state index in [1.165, 1.54) is 11.3 Å². The Labute approximate surface area is 106 Å². The minimum Gasteiger partial charge on any atom is -0.300 e. The van der Waals surface area contributed by atoms with E-state index in [4.69, 9.17) is 0 Å². The van der Waals surface area contributed by atoms with Crippen molar-refractivity contribution in [2.45, 2.75) is 13.3 Å². The van der Waals surface area contributed by atoms with Crippen molar-refractivity contribution in [2.24, 2.45) is 0 Å². The van der Waals surface area contributed by atoms with Gasteiger partial charge in [0.2, 0.25) is 0 Å². The third kappa shape index (κ3) is 2.77. The molecule has 1 aromatic carbocycles. The number of rotatable bonds is 3. The van der Waals surface area contributed by atoms with Crippen LogP contribution in [0.2, 0.25) is 0 Å². The predicted molar refractivity (Wildman–Crippen MR) is 69.6 cm³/mol. The molecule has 0 amide bonds. The fourth-order valence-electron chi connectivity index (χ4n) is 1.39. The minimum absolute atomic E-state index is 0.148. The zero-order valence-corrected chi connectivity index (χ0v) is 11.1. The number of aromatic nitrogens is 1. The van der Waals surface area contributed by atoms with Gasteiger partial charge in [-0.15, -0.1) is 11.3 Å². The van der Waals surface area contributed by atoms with Gasteiger partial charge in [-0.1, -0.05) is 28.1 Å². The van der Waals surface area contributed by atoms with E-state index in [-0.39, 0.29) is 5.78 Å². The van der Waals surface area contributed by atoms with Crippen molar-refractivity contribution < 1.29 is 4.79 Å². The average molecular weight is 296 g/mol. The maximum absolute atomic E-state index is 11.0. The van der Waals surface area contributed by atoms with Crippen LogP contribution in [0.15, 0.2) is 34.1 Å². The summed E-state index contributed by atoms with van der Waals surface area (Å²) < 4.78 is 1.03. The summed E-state index contributed by atoms with van der Waals surface area (Å²) in [6, 6.07) is 7.99. The van der Waals surface area contributed by atoms with Crippen LogP contribution in [0, 0.1) is 0 Å². The number of benzene rings is 1. The smallest absolute Gasteiger partial charge is 0.136 e. The molecule has 2 nitrogen and oxygen atoms in total. The second-order valence-corrected chi connectivity index (χ2v) is 5.37. The standard InChI is InChI=1S/C12H10BrNOS/c1-8(15)5-12-14-11(7-16-12)9-3-2-4-10(13)6-9/h2-4,6-7H,5H2,1H3. The lowest BCUT2D eigenvalue weighted by Crippen LogP contribution is -1.95. The van der Waals surface area contributed by atoms with E-state index in [1.807, 2.05) is 29.6 Å². The molecule has 82 valence electrons. The topological polar surface area (TPSA) is 30.0 Å². The molecular weight excluding hydrogens is 286 g/mol. The molecule has 0 fully saturated rings. The lowest BCUT2D eigenvalue weighted by molar-refractivity contribution is -0.116. The van der Waals surface area contributed by atoms with Gasteiger partial charge in [0.25, 0.3) is 0 Å². The first-order chi connectivity index (χ1) is 7.65. The van der Waals surface area contributed by atoms with Gasteiger partial charge >= 0.3 is 0 Å². The van der Waals surface area contributed by atoms with Gasteiger partial charge in [-0.3, -0.25) is 4.79 Å². The lowest BCUT2D eigenvalue weighted by atomic mass is 10.2. The van der Waals surface area contributed by atoms with Crippen LogP contribution in [0.25, 0.3) is 11.3 Å². The highest BCUT2D eigenvalue weighted by atomic mass is 79.9. The van der Waals surface area contributed by atoms with Crippen LogP contribution in [0.4, 0.5) is 0 Å². The minimum atomic E-state index is 0.148. The highest BCUT2D eigenvalue weighted by molar-refractivity contribution is 9.10. The number of nitrogens with zero attached hydrogens (tertiary/aromatic N) is 1. The van der Waals surface area contributed by atoms with Crippen molar-refractivity contribution >= 4 is 33.0 Å². The van der Waals surface area contributed by atoms with Crippen LogP contribution in [-0.2, 0) is 11.2 Å². The maximum Gasteiger partial charge on any atom is 0.136 e. The normalized spacial score (nSPS) is 10.4. The Hall–Kier alpha value is -1.000. The van der Waals surface area contributed by atoms with E-state index in [0.29, 0.717) is 6.42 Å². The van der Waals surface area contributed by atoms with Gasteiger partial charge in [-0.25, -0.2) is 4.98 Å². The summed E-state index contributed by atoms with van der Waals surface area (Å²) in [5.74, 6) is 0.148. The molecule has 0 aliphatic rings. The molecule has 0 saturated heterocycles. The summed E-state index contributed by atoms with van der Waals surface area (Å²) in [5, 5.41) is 2.86. The fourth-order valence-corrected chi connectivity index (χ4v) is 2.66. The molecule has 0 aliphatic carbocycles. The lowest BCUT2D eigenvalue weighted by Gasteiger charge is -1.96. The van der Waals surface area contributed by atoms with Crippen LogP contribution in [0.5, 0.6) is 0 Å². The number of Topliss-reactive ketones (excluding diaryl/α,β-unsaturated/α-hetero) is 1. The van der Waals surface area contributed by atoms with E-state index >= 15 is 0 Å². The Morgan fingerprint density at radius 3 is 3.00 bits per heavy atom. The molecule has 0 unspecified atom stereocenters. The van der Waals surface area contributed by atoms with E-state index in [1.54, 1.807) is 6.92 Å². The van der Waals surface area contributed by atoms with Gasteiger partial charge in [0, 0.05) is 15.4 Å². The highest BCUT2D eigenvalue weighted by Gasteiger charge is 2.06. The first kappa shape index (κ1) is 11.5. The maximum atomic E-state index is 11.0. The molecule has 0 spiro atoms. The zero-order valence-electron chi connectivity index (χ0n) is 8.74. The SMILES string of the molecule is CC(=O)Cc1nc(-c2cccc(Br)c2)cs1. The number of thiazole rings is 1. The molecule has 0 aliphatic heterocycles. The Morgan fingerprint density at radius 2 is 2.31 bits per heavy atom. The number of hydrogen-bond donors (Lipinski definition) is 0. The number of halogens is 1. The van der Waals surface area contributed by atoms with Crippen molar-refractivity contribution in [1.29, 1.82) is 0 Å². The Bertz CT molecular complexity index is 521. The Morgan fingerprint density at radius 1 is 1.50 bits per heavy atom. The predicted octanol–water partition coefficient (Wildman–Crippen LogP) is 3.70. The average Bonchev–Trinajstić information content (AvgIpc) is 2.65. The van der Waals surface area contributed by atoms with Gasteiger partial charge in [0.15, 0.2) is 0 Å². The van der Waals surface area contributed by atoms with Crippen molar-refractivity contribution in [3.63, 3.8) is 0 Å². The van der Waals surface area contributed by atoms with E-state index in [0.717, 1.165) is 20.7 Å². The van der Waals surface area contributed by atoms with Crippen LogP contribution >= 0.6 is 27.3 Å². The molecule has 2 rings (SSSR count). The molecule has 2 aromatic rings. The summed E-state index contributed by atoms with van der Waals surface area (Å²) in [6.07, 6.45) is 0.429. The first-order valence-electron chi connectivity index (χ1n) is 4.85. The second kappa shape index (κ2) is 4.89. The number of ketones is 1. The summed E-state index contributed by atoms with van der Waals surface area (Å²) in [6.45, 7) is 1.58. The molecular formula is C12H10BrNOS. The molecule has 0 saturated carbocycles. The molecule has 0 bridgehead atoms. The number of hydrogen-bond acceptors (Lipinski definition) is 3. The molecule has 16 heavy (non-hydrogen) atoms. The summed E-state index contributed by atoms with van der Waals surface area (Å²) >= 11 is 4.96. The summed E-state index contributed by atoms with van der Waals surface area (Å²) in [5.41, 5.74) is 2.00. The van der Waals surface area contributed by atoms with Gasteiger partial charge in [-0.2, -0.15) is 0 Å². The van der Waals surface area contributed by atoms with Gasteiger partial charge < -0.3 is 0 Å². The quantitative estimate of drug-likeness (QED) is 0.864. The van der Waals surface area contributed by atoms with E-state index in [9.17, 15) is 4.79 Å². The zero-order chi connectivity index (χ0) is 11.5. The largest absolute Gasteiger partial charge is 0.300 e. The summed E-state index contributed by atoms with van der Waals surface area (Å²) in [4.78, 5) is 15.4. The van der Waals surface area contributed by atoms with Crippen LogP contribution in [0.1, 0.15) is 11.9 Å². The monoisotopic (exact) mass is 295 g/mol. The fraction of sp³-hybridized carbons (Fsp3) is 0.167. The molecule has 0 radical (unpaired) electrons. The van der Waals surface area contributed by atoms with Gasteiger partial charge in [-0.05, 0) is 19.1 Å². The molecule has 0 N–H and O–H groups in total.